The van der Waals surface area contributed by atoms with Crippen LogP contribution in [0, 0.1) is 0 Å². The molecule has 0 bridgehead atoms. The van der Waals surface area contributed by atoms with Gasteiger partial charge in [-0.1, -0.05) is 15.9 Å². The lowest BCUT2D eigenvalue weighted by molar-refractivity contribution is 1.36. The highest BCUT2D eigenvalue weighted by atomic mass is 79.9. The molecule has 0 amide bonds. The second-order valence-electron chi connectivity index (χ2n) is 2.48. The standard InChI is InChI=1S/C9H12BrNS/c1-11-9-4-3-8(10)5-7(9)6-12-2/h3-5,11H,6H2,1-2H3. The van der Waals surface area contributed by atoms with E-state index in [-0.39, 0.29) is 0 Å². The van der Waals surface area contributed by atoms with Crippen LogP contribution in [0.25, 0.3) is 0 Å². The van der Waals surface area contributed by atoms with E-state index in [2.05, 4.69) is 45.7 Å². The van der Waals surface area contributed by atoms with Gasteiger partial charge >= 0.3 is 0 Å². The smallest absolute Gasteiger partial charge is 0.0379 e. The Bertz CT molecular complexity index is 263. The van der Waals surface area contributed by atoms with Gasteiger partial charge in [0.2, 0.25) is 0 Å². The lowest BCUT2D eigenvalue weighted by atomic mass is 10.2. The van der Waals surface area contributed by atoms with Crippen molar-refractivity contribution in [1.29, 1.82) is 0 Å². The summed E-state index contributed by atoms with van der Waals surface area (Å²) in [6, 6.07) is 6.30. The first-order chi connectivity index (χ1) is 5.77. The molecule has 1 rings (SSSR count). The van der Waals surface area contributed by atoms with Crippen LogP contribution in [0.2, 0.25) is 0 Å². The maximum atomic E-state index is 3.46. The third-order valence-electron chi connectivity index (χ3n) is 1.64. The van der Waals surface area contributed by atoms with Crippen molar-refractivity contribution in [2.75, 3.05) is 18.6 Å². The predicted octanol–water partition coefficient (Wildman–Crippen LogP) is 3.35. The summed E-state index contributed by atoms with van der Waals surface area (Å²) in [6.45, 7) is 0. The number of thioether (sulfide) groups is 1. The first kappa shape index (κ1) is 9.93. The number of halogens is 1. The van der Waals surface area contributed by atoms with Gasteiger partial charge in [-0.15, -0.1) is 0 Å². The normalized spacial score (nSPS) is 9.92. The Balaban J connectivity index is 2.95. The average Bonchev–Trinajstić information content (AvgIpc) is 2.05. The van der Waals surface area contributed by atoms with Crippen LogP contribution >= 0.6 is 27.7 Å². The van der Waals surface area contributed by atoms with Gasteiger partial charge in [-0.3, -0.25) is 0 Å². The topological polar surface area (TPSA) is 12.0 Å². The fourth-order valence-corrected chi connectivity index (χ4v) is 2.04. The number of anilines is 1. The minimum atomic E-state index is 1.05. The Morgan fingerprint density at radius 1 is 1.50 bits per heavy atom. The molecule has 0 aliphatic carbocycles. The highest BCUT2D eigenvalue weighted by molar-refractivity contribution is 9.10. The third-order valence-corrected chi connectivity index (χ3v) is 2.73. The van der Waals surface area contributed by atoms with Crippen LogP contribution in [0.4, 0.5) is 5.69 Å². The zero-order chi connectivity index (χ0) is 8.97. The molecule has 0 radical (unpaired) electrons. The number of benzene rings is 1. The van der Waals surface area contributed by atoms with Crippen molar-refractivity contribution in [3.8, 4) is 0 Å². The van der Waals surface area contributed by atoms with E-state index >= 15 is 0 Å². The second kappa shape index (κ2) is 4.77. The highest BCUT2D eigenvalue weighted by Gasteiger charge is 1.99. The minimum absolute atomic E-state index is 1.05. The van der Waals surface area contributed by atoms with E-state index in [0.29, 0.717) is 0 Å². The summed E-state index contributed by atoms with van der Waals surface area (Å²) in [7, 11) is 1.95. The van der Waals surface area contributed by atoms with E-state index in [9.17, 15) is 0 Å². The summed E-state index contributed by atoms with van der Waals surface area (Å²) in [5.41, 5.74) is 2.56. The summed E-state index contributed by atoms with van der Waals surface area (Å²) >= 11 is 5.29. The van der Waals surface area contributed by atoms with Crippen molar-refractivity contribution in [2.45, 2.75) is 5.75 Å². The van der Waals surface area contributed by atoms with Gasteiger partial charge in [-0.25, -0.2) is 0 Å². The van der Waals surface area contributed by atoms with Gasteiger partial charge in [0.25, 0.3) is 0 Å². The van der Waals surface area contributed by atoms with Crippen LogP contribution in [-0.2, 0) is 5.75 Å². The zero-order valence-electron chi connectivity index (χ0n) is 7.23. The number of nitrogens with one attached hydrogen (secondary N) is 1. The molecule has 3 heteroatoms. The fraction of sp³-hybridized carbons (Fsp3) is 0.333. The summed E-state index contributed by atoms with van der Waals surface area (Å²) in [4.78, 5) is 0. The highest BCUT2D eigenvalue weighted by Crippen LogP contribution is 2.23. The monoisotopic (exact) mass is 245 g/mol. The van der Waals surface area contributed by atoms with E-state index in [1.807, 2.05) is 18.8 Å². The van der Waals surface area contributed by atoms with Crippen molar-refractivity contribution in [1.82, 2.24) is 0 Å². The summed E-state index contributed by atoms with van der Waals surface area (Å²) in [5, 5.41) is 3.17. The Kier molecular flexibility index (Phi) is 3.95. The van der Waals surface area contributed by atoms with Crippen LogP contribution < -0.4 is 5.32 Å². The zero-order valence-corrected chi connectivity index (χ0v) is 9.63. The average molecular weight is 246 g/mol. The number of hydrogen-bond acceptors (Lipinski definition) is 2. The molecule has 0 saturated heterocycles. The Labute approximate surface area is 86.1 Å². The molecule has 1 aromatic carbocycles. The van der Waals surface area contributed by atoms with E-state index < -0.39 is 0 Å². The quantitative estimate of drug-likeness (QED) is 0.877. The molecular formula is C9H12BrNS. The molecule has 0 aromatic heterocycles. The molecule has 0 fully saturated rings. The first-order valence-electron chi connectivity index (χ1n) is 3.73. The minimum Gasteiger partial charge on any atom is -0.388 e. The molecule has 1 nitrogen and oxygen atoms in total. The maximum absolute atomic E-state index is 3.46. The maximum Gasteiger partial charge on any atom is 0.0379 e. The molecule has 0 aliphatic heterocycles. The summed E-state index contributed by atoms with van der Waals surface area (Å²) in [5.74, 6) is 1.05. The van der Waals surface area contributed by atoms with Gasteiger partial charge < -0.3 is 5.32 Å². The van der Waals surface area contributed by atoms with Gasteiger partial charge in [0, 0.05) is 23.0 Å². The lowest BCUT2D eigenvalue weighted by Gasteiger charge is -2.07. The van der Waals surface area contributed by atoms with Crippen LogP contribution in [-0.4, -0.2) is 13.3 Å². The van der Waals surface area contributed by atoms with Crippen molar-refractivity contribution >= 4 is 33.4 Å². The summed E-state index contributed by atoms with van der Waals surface area (Å²) in [6.07, 6.45) is 2.11. The molecule has 12 heavy (non-hydrogen) atoms. The molecule has 0 spiro atoms. The van der Waals surface area contributed by atoms with E-state index in [1.54, 1.807) is 0 Å². The van der Waals surface area contributed by atoms with Gasteiger partial charge in [-0.2, -0.15) is 11.8 Å². The van der Waals surface area contributed by atoms with Crippen LogP contribution in [0.1, 0.15) is 5.56 Å². The van der Waals surface area contributed by atoms with Gasteiger partial charge in [0.15, 0.2) is 0 Å². The molecule has 0 heterocycles. The molecular weight excluding hydrogens is 234 g/mol. The SMILES string of the molecule is CNc1ccc(Br)cc1CSC. The summed E-state index contributed by atoms with van der Waals surface area (Å²) < 4.78 is 1.14. The Morgan fingerprint density at radius 2 is 2.25 bits per heavy atom. The van der Waals surface area contributed by atoms with Gasteiger partial charge in [0.05, 0.1) is 0 Å². The van der Waals surface area contributed by atoms with Gasteiger partial charge in [0.1, 0.15) is 0 Å². The van der Waals surface area contributed by atoms with E-state index in [4.69, 9.17) is 0 Å². The Hall–Kier alpha value is -0.150. The van der Waals surface area contributed by atoms with Crippen LogP contribution in [0.5, 0.6) is 0 Å². The molecule has 0 saturated carbocycles. The molecule has 1 aromatic rings. The molecule has 0 unspecified atom stereocenters. The van der Waals surface area contributed by atoms with Crippen LogP contribution in [0.15, 0.2) is 22.7 Å². The van der Waals surface area contributed by atoms with Crippen LogP contribution in [0.3, 0.4) is 0 Å². The first-order valence-corrected chi connectivity index (χ1v) is 5.91. The number of hydrogen-bond donors (Lipinski definition) is 1. The number of rotatable bonds is 3. The van der Waals surface area contributed by atoms with Crippen molar-refractivity contribution in [3.05, 3.63) is 28.2 Å². The van der Waals surface area contributed by atoms with E-state index in [0.717, 1.165) is 10.2 Å². The van der Waals surface area contributed by atoms with E-state index in [1.165, 1.54) is 11.3 Å². The fourth-order valence-electron chi connectivity index (χ4n) is 1.08. The third kappa shape index (κ3) is 2.42. The van der Waals surface area contributed by atoms with Crippen molar-refractivity contribution in [3.63, 3.8) is 0 Å². The van der Waals surface area contributed by atoms with Crippen molar-refractivity contribution in [2.24, 2.45) is 0 Å². The van der Waals surface area contributed by atoms with Crippen molar-refractivity contribution < 1.29 is 0 Å². The Morgan fingerprint density at radius 3 is 2.83 bits per heavy atom. The molecule has 66 valence electrons. The largest absolute Gasteiger partial charge is 0.388 e. The van der Waals surface area contributed by atoms with Gasteiger partial charge in [-0.05, 0) is 30.0 Å². The molecule has 0 aliphatic rings. The molecule has 0 atom stereocenters. The predicted molar refractivity (Wildman–Crippen MR) is 60.9 cm³/mol. The lowest BCUT2D eigenvalue weighted by Crippen LogP contribution is -1.93. The second-order valence-corrected chi connectivity index (χ2v) is 4.27. The molecule has 1 N–H and O–H groups in total.